The molecule has 1 heterocycles. The number of rotatable bonds is 11. The van der Waals surface area contributed by atoms with Gasteiger partial charge in [-0.3, -0.25) is 9.79 Å². The van der Waals surface area contributed by atoms with E-state index in [0.717, 1.165) is 0 Å². The summed E-state index contributed by atoms with van der Waals surface area (Å²) in [5, 5.41) is 21.2. The number of nitrogens with zero attached hydrogens (tertiary/aromatic N) is 1. The fourth-order valence-corrected chi connectivity index (χ4v) is 3.13. The Labute approximate surface area is 201 Å². The Hall–Kier alpha value is -1.99. The predicted octanol–water partition coefficient (Wildman–Crippen LogP) is 3.38. The van der Waals surface area contributed by atoms with Crippen LogP contribution in [0.5, 0.6) is 5.75 Å². The van der Waals surface area contributed by atoms with E-state index in [4.69, 9.17) is 0 Å². The Morgan fingerprint density at radius 3 is 2.48 bits per heavy atom. The minimum atomic E-state index is -2.89. The molecule has 0 saturated carbocycles. The number of aliphatic hydroxyl groups excluding tert-OH is 1. The second-order valence-corrected chi connectivity index (χ2v) is 7.14. The number of hydrogen-bond acceptors (Lipinski definition) is 5. The highest BCUT2D eigenvalue weighted by Gasteiger charge is 2.10. The predicted molar refractivity (Wildman–Crippen MR) is 129 cm³/mol. The van der Waals surface area contributed by atoms with Crippen LogP contribution in [0.3, 0.4) is 0 Å². The van der Waals surface area contributed by atoms with E-state index >= 15 is 0 Å². The van der Waals surface area contributed by atoms with Gasteiger partial charge in [0.25, 0.3) is 5.91 Å². The minimum absolute atomic E-state index is 0. The first-order valence-electron chi connectivity index (χ1n) is 9.56. The normalized spacial score (nSPS) is 12.1. The van der Waals surface area contributed by atoms with Crippen molar-refractivity contribution in [1.29, 1.82) is 0 Å². The zero-order valence-corrected chi connectivity index (χ0v) is 20.2. The Morgan fingerprint density at radius 2 is 1.87 bits per heavy atom. The number of thiophene rings is 1. The monoisotopic (exact) mass is 568 g/mol. The topological polar surface area (TPSA) is 95.0 Å². The van der Waals surface area contributed by atoms with Gasteiger partial charge in [-0.2, -0.15) is 8.78 Å². The van der Waals surface area contributed by atoms with E-state index in [1.165, 1.54) is 35.6 Å². The van der Waals surface area contributed by atoms with Crippen molar-refractivity contribution in [3.63, 3.8) is 0 Å². The molecule has 0 bridgehead atoms. The molecule has 1 atom stereocenters. The summed E-state index contributed by atoms with van der Waals surface area (Å²) in [6.45, 7) is 0.904. The molecule has 0 aliphatic heterocycles. The van der Waals surface area contributed by atoms with Crippen LogP contribution in [0.25, 0.3) is 0 Å². The Kier molecular flexibility index (Phi) is 13.0. The van der Waals surface area contributed by atoms with E-state index in [2.05, 4.69) is 25.7 Å². The Bertz CT molecular complexity index is 792. The highest BCUT2D eigenvalue weighted by atomic mass is 127. The second-order valence-electron chi connectivity index (χ2n) is 6.20. The van der Waals surface area contributed by atoms with E-state index in [9.17, 15) is 18.7 Å². The number of ether oxygens (including phenoxy) is 1. The molecule has 2 aromatic rings. The van der Waals surface area contributed by atoms with Crippen LogP contribution in [0.2, 0.25) is 0 Å². The van der Waals surface area contributed by atoms with Crippen molar-refractivity contribution < 1.29 is 23.4 Å². The molecule has 0 aliphatic rings. The lowest BCUT2D eigenvalue weighted by Crippen LogP contribution is -2.39. The molecule has 2 rings (SSSR count). The summed E-state index contributed by atoms with van der Waals surface area (Å²) in [5.41, 5.74) is 0.549. The molecular formula is C20H27F2IN4O3S. The average molecular weight is 568 g/mol. The number of guanidine groups is 1. The molecule has 11 heteroatoms. The van der Waals surface area contributed by atoms with Gasteiger partial charge in [0, 0.05) is 19.6 Å². The fraction of sp³-hybridized carbons (Fsp3) is 0.400. The number of carbonyl (C=O) groups is 1. The molecule has 1 amide bonds. The summed E-state index contributed by atoms with van der Waals surface area (Å²) in [6.07, 6.45) is -0.179. The molecule has 7 nitrogen and oxygen atoms in total. The minimum Gasteiger partial charge on any atom is -0.435 e. The lowest BCUT2D eigenvalue weighted by molar-refractivity contribution is -0.0498. The van der Waals surface area contributed by atoms with Crippen LogP contribution in [0.15, 0.2) is 46.8 Å². The number of hydrogen-bond donors (Lipinski definition) is 4. The van der Waals surface area contributed by atoms with Crippen LogP contribution in [0.4, 0.5) is 8.78 Å². The third-order valence-electron chi connectivity index (χ3n) is 3.93. The number of aliphatic hydroxyl groups is 1. The zero-order chi connectivity index (χ0) is 21.8. The van der Waals surface area contributed by atoms with Crippen LogP contribution in [-0.4, -0.2) is 49.8 Å². The van der Waals surface area contributed by atoms with Crippen molar-refractivity contribution in [1.82, 2.24) is 16.0 Å². The first kappa shape index (κ1) is 27.0. The van der Waals surface area contributed by atoms with E-state index in [0.29, 0.717) is 42.5 Å². The smallest absolute Gasteiger partial charge is 0.387 e. The SMILES string of the molecule is CCNC(=NCC(O)c1ccc(OC(F)F)cc1)NCCCNC(=O)c1cccs1.I. The largest absolute Gasteiger partial charge is 0.435 e. The first-order chi connectivity index (χ1) is 14.5. The number of alkyl halides is 2. The molecule has 1 unspecified atom stereocenters. The molecule has 0 spiro atoms. The van der Waals surface area contributed by atoms with Gasteiger partial charge in [-0.15, -0.1) is 35.3 Å². The zero-order valence-electron chi connectivity index (χ0n) is 17.0. The van der Waals surface area contributed by atoms with Crippen LogP contribution in [0, 0.1) is 0 Å². The third kappa shape index (κ3) is 10.2. The van der Waals surface area contributed by atoms with Gasteiger partial charge in [-0.25, -0.2) is 0 Å². The summed E-state index contributed by atoms with van der Waals surface area (Å²) in [5.74, 6) is 0.489. The molecule has 0 saturated heterocycles. The van der Waals surface area contributed by atoms with Gasteiger partial charge >= 0.3 is 6.61 Å². The van der Waals surface area contributed by atoms with Gasteiger partial charge in [0.2, 0.25) is 0 Å². The van der Waals surface area contributed by atoms with Gasteiger partial charge in [-0.1, -0.05) is 18.2 Å². The molecule has 4 N–H and O–H groups in total. The van der Waals surface area contributed by atoms with Crippen molar-refractivity contribution >= 4 is 47.2 Å². The lowest BCUT2D eigenvalue weighted by atomic mass is 10.1. The number of benzene rings is 1. The maximum atomic E-state index is 12.2. The van der Waals surface area contributed by atoms with Crippen molar-refractivity contribution in [2.45, 2.75) is 26.1 Å². The highest BCUT2D eigenvalue weighted by molar-refractivity contribution is 14.0. The van der Waals surface area contributed by atoms with Crippen molar-refractivity contribution in [2.75, 3.05) is 26.2 Å². The van der Waals surface area contributed by atoms with Crippen LogP contribution >= 0.6 is 35.3 Å². The van der Waals surface area contributed by atoms with E-state index in [1.54, 1.807) is 6.07 Å². The summed E-state index contributed by atoms with van der Waals surface area (Å²) in [6, 6.07) is 9.41. The fourth-order valence-electron chi connectivity index (χ4n) is 2.49. The summed E-state index contributed by atoms with van der Waals surface area (Å²) in [4.78, 5) is 16.9. The maximum absolute atomic E-state index is 12.2. The molecular weight excluding hydrogens is 541 g/mol. The van der Waals surface area contributed by atoms with Crippen LogP contribution in [-0.2, 0) is 0 Å². The van der Waals surface area contributed by atoms with E-state index < -0.39 is 12.7 Å². The summed E-state index contributed by atoms with van der Waals surface area (Å²) in [7, 11) is 0. The Morgan fingerprint density at radius 1 is 1.16 bits per heavy atom. The quantitative estimate of drug-likeness (QED) is 0.144. The molecule has 1 aromatic heterocycles. The van der Waals surface area contributed by atoms with E-state index in [-0.39, 0.29) is 42.2 Å². The van der Waals surface area contributed by atoms with Crippen molar-refractivity contribution in [2.24, 2.45) is 4.99 Å². The average Bonchev–Trinajstić information content (AvgIpc) is 3.26. The molecule has 0 radical (unpaired) electrons. The van der Waals surface area contributed by atoms with Gasteiger partial charge < -0.3 is 25.8 Å². The molecule has 172 valence electrons. The van der Waals surface area contributed by atoms with Gasteiger partial charge in [0.1, 0.15) is 5.75 Å². The summed E-state index contributed by atoms with van der Waals surface area (Å²) < 4.78 is 28.7. The number of carbonyl (C=O) groups excluding carboxylic acids is 1. The third-order valence-corrected chi connectivity index (χ3v) is 4.80. The lowest BCUT2D eigenvalue weighted by Gasteiger charge is -2.14. The van der Waals surface area contributed by atoms with Crippen molar-refractivity contribution in [3.05, 3.63) is 52.2 Å². The molecule has 1 aromatic carbocycles. The van der Waals surface area contributed by atoms with Gasteiger partial charge in [0.15, 0.2) is 5.96 Å². The number of aliphatic imine (C=N–C) groups is 1. The molecule has 31 heavy (non-hydrogen) atoms. The summed E-state index contributed by atoms with van der Waals surface area (Å²) >= 11 is 1.40. The standard InChI is InChI=1S/C20H26F2N4O3S.HI/c1-2-23-20(25-11-4-10-24-18(28)17-5-3-12-30-17)26-13-16(27)14-6-8-15(9-7-14)29-19(21)22;/h3,5-9,12,16,19,27H,2,4,10-11,13H2,1H3,(H,24,28)(H2,23,25,26);1H. The van der Waals surface area contributed by atoms with Crippen LogP contribution in [0.1, 0.15) is 34.7 Å². The maximum Gasteiger partial charge on any atom is 0.387 e. The van der Waals surface area contributed by atoms with Gasteiger partial charge in [0.05, 0.1) is 17.5 Å². The first-order valence-corrected chi connectivity index (χ1v) is 10.4. The van der Waals surface area contributed by atoms with Gasteiger partial charge in [-0.05, 0) is 42.5 Å². The van der Waals surface area contributed by atoms with Crippen LogP contribution < -0.4 is 20.7 Å². The number of amides is 1. The second kappa shape index (κ2) is 14.9. The van der Waals surface area contributed by atoms with E-state index in [1.807, 2.05) is 18.4 Å². The number of nitrogens with one attached hydrogen (secondary N) is 3. The van der Waals surface area contributed by atoms with Crippen molar-refractivity contribution in [3.8, 4) is 5.75 Å². The molecule has 0 aliphatic carbocycles. The Balaban J connectivity index is 0.00000480. The highest BCUT2D eigenvalue weighted by Crippen LogP contribution is 2.19. The number of halogens is 3. The molecule has 0 fully saturated rings.